The maximum absolute atomic E-state index is 9.61. The van der Waals surface area contributed by atoms with Crippen LogP contribution in [0.2, 0.25) is 0 Å². The Balaban J connectivity index is 3.34. The van der Waals surface area contributed by atoms with Crippen molar-refractivity contribution in [3.63, 3.8) is 0 Å². The van der Waals surface area contributed by atoms with Crippen molar-refractivity contribution in [2.45, 2.75) is 77.2 Å². The van der Waals surface area contributed by atoms with Crippen molar-refractivity contribution in [3.05, 3.63) is 0 Å². The molecule has 0 heterocycles. The highest BCUT2D eigenvalue weighted by molar-refractivity contribution is 6.18. The first-order valence-corrected chi connectivity index (χ1v) is 9.11. The third-order valence-electron chi connectivity index (χ3n) is 4.00. The number of hydrogen-bond donors (Lipinski definition) is 1. The molecule has 0 saturated heterocycles. The molecule has 0 aliphatic rings. The second kappa shape index (κ2) is 12.9. The van der Waals surface area contributed by atoms with E-state index in [1.807, 2.05) is 0 Å². The van der Waals surface area contributed by atoms with Crippen molar-refractivity contribution in [1.82, 2.24) is 0 Å². The number of halogens is 1. The van der Waals surface area contributed by atoms with Crippen LogP contribution < -0.4 is 0 Å². The Bertz CT molecular complexity index is 209. The van der Waals surface area contributed by atoms with E-state index in [0.29, 0.717) is 5.88 Å². The maximum atomic E-state index is 9.61. The van der Waals surface area contributed by atoms with E-state index in [9.17, 15) is 5.11 Å². The van der Waals surface area contributed by atoms with Gasteiger partial charge in [-0.2, -0.15) is 0 Å². The van der Waals surface area contributed by atoms with Crippen LogP contribution in [0.3, 0.4) is 0 Å². The van der Waals surface area contributed by atoms with Gasteiger partial charge in [0.1, 0.15) is 12.6 Å². The van der Waals surface area contributed by atoms with Crippen molar-refractivity contribution in [1.29, 1.82) is 0 Å². The molecule has 0 unspecified atom stereocenters. The van der Waals surface area contributed by atoms with Crippen LogP contribution in [0.25, 0.3) is 0 Å². The molecule has 0 amide bonds. The largest absolute Gasteiger partial charge is 0.386 e. The van der Waals surface area contributed by atoms with Gasteiger partial charge in [-0.1, -0.05) is 58.3 Å². The minimum atomic E-state index is -0.366. The Morgan fingerprint density at radius 2 is 1.30 bits per heavy atom. The highest BCUT2D eigenvalue weighted by Crippen LogP contribution is 2.12. The summed E-state index contributed by atoms with van der Waals surface area (Å²) >= 11 is 5.66. The van der Waals surface area contributed by atoms with Gasteiger partial charge in [-0.3, -0.25) is 0 Å². The molecule has 122 valence electrons. The van der Waals surface area contributed by atoms with Gasteiger partial charge in [0.25, 0.3) is 0 Å². The maximum Gasteiger partial charge on any atom is 0.116 e. The number of aliphatic hydroxyl groups excluding tert-OH is 1. The zero-order valence-corrected chi connectivity index (χ0v) is 14.8. The van der Waals surface area contributed by atoms with E-state index in [1.54, 1.807) is 0 Å². The number of alkyl halides is 1. The zero-order valence-electron chi connectivity index (χ0n) is 14.0. The lowest BCUT2D eigenvalue weighted by molar-refractivity contribution is -0.893. The molecular formula is C17H37ClNO+. The summed E-state index contributed by atoms with van der Waals surface area (Å²) in [6.07, 6.45) is 13.4. The molecule has 2 nitrogen and oxygen atoms in total. The van der Waals surface area contributed by atoms with Crippen LogP contribution in [0, 0.1) is 0 Å². The Hall–Kier alpha value is 0.210. The van der Waals surface area contributed by atoms with Gasteiger partial charge >= 0.3 is 0 Å². The number of nitrogens with zero attached hydrogens (tertiary/aromatic N) is 1. The van der Waals surface area contributed by atoms with Crippen molar-refractivity contribution in [2.24, 2.45) is 0 Å². The highest BCUT2D eigenvalue weighted by atomic mass is 35.5. The van der Waals surface area contributed by atoms with E-state index >= 15 is 0 Å². The normalized spacial score (nSPS) is 13.7. The fourth-order valence-electron chi connectivity index (χ4n) is 2.74. The molecule has 0 radical (unpaired) electrons. The summed E-state index contributed by atoms with van der Waals surface area (Å²) < 4.78 is 0.880. The average Bonchev–Trinajstić information content (AvgIpc) is 2.40. The minimum absolute atomic E-state index is 0.347. The van der Waals surface area contributed by atoms with Crippen LogP contribution in [0.1, 0.15) is 71.1 Å². The van der Waals surface area contributed by atoms with E-state index in [2.05, 4.69) is 21.0 Å². The lowest BCUT2D eigenvalue weighted by atomic mass is 10.1. The van der Waals surface area contributed by atoms with Crippen molar-refractivity contribution in [3.8, 4) is 0 Å². The van der Waals surface area contributed by atoms with Crippen LogP contribution in [-0.4, -0.2) is 48.8 Å². The summed E-state index contributed by atoms with van der Waals surface area (Å²) in [5.74, 6) is 0.347. The van der Waals surface area contributed by atoms with Gasteiger partial charge in [-0.25, -0.2) is 0 Å². The van der Waals surface area contributed by atoms with Gasteiger partial charge in [-0.05, 0) is 12.8 Å². The highest BCUT2D eigenvalue weighted by Gasteiger charge is 2.19. The summed E-state index contributed by atoms with van der Waals surface area (Å²) in [4.78, 5) is 0. The summed E-state index contributed by atoms with van der Waals surface area (Å²) in [6.45, 7) is 4.18. The molecule has 0 aromatic carbocycles. The first-order valence-electron chi connectivity index (χ1n) is 8.58. The minimum Gasteiger partial charge on any atom is -0.386 e. The molecule has 0 aliphatic carbocycles. The fraction of sp³-hybridized carbons (Fsp3) is 1.00. The van der Waals surface area contributed by atoms with E-state index in [4.69, 9.17) is 11.6 Å². The molecule has 3 heteroatoms. The third kappa shape index (κ3) is 13.2. The smallest absolute Gasteiger partial charge is 0.116 e. The standard InChI is InChI=1S/C17H37ClNO/c1-4-5-6-7-8-9-10-11-12-13-14-19(2,3)16-17(20)15-18/h17,20H,4-16H2,1-3H3/q+1/t17-/m0/s1. The van der Waals surface area contributed by atoms with E-state index in [1.165, 1.54) is 64.2 Å². The quantitative estimate of drug-likeness (QED) is 0.283. The summed E-state index contributed by atoms with van der Waals surface area (Å²) in [5, 5.41) is 9.61. The first-order chi connectivity index (χ1) is 9.52. The number of quaternary nitrogens is 1. The molecular weight excluding hydrogens is 270 g/mol. The Labute approximate surface area is 132 Å². The molecule has 0 saturated carbocycles. The lowest BCUT2D eigenvalue weighted by Crippen LogP contribution is -2.46. The van der Waals surface area contributed by atoms with E-state index in [-0.39, 0.29) is 6.10 Å². The van der Waals surface area contributed by atoms with Crippen molar-refractivity contribution in [2.75, 3.05) is 33.1 Å². The van der Waals surface area contributed by atoms with Gasteiger partial charge in [0.05, 0.1) is 26.5 Å². The molecule has 0 rings (SSSR count). The van der Waals surface area contributed by atoms with Gasteiger partial charge in [-0.15, -0.1) is 11.6 Å². The Kier molecular flexibility index (Phi) is 13.0. The van der Waals surface area contributed by atoms with Crippen molar-refractivity contribution < 1.29 is 9.59 Å². The number of hydrogen-bond acceptors (Lipinski definition) is 1. The molecule has 0 aromatic heterocycles. The van der Waals surface area contributed by atoms with Crippen LogP contribution in [0.15, 0.2) is 0 Å². The number of unbranched alkanes of at least 4 members (excludes halogenated alkanes) is 9. The summed E-state index contributed by atoms with van der Waals surface area (Å²) in [5.41, 5.74) is 0. The van der Waals surface area contributed by atoms with Crippen LogP contribution in [-0.2, 0) is 0 Å². The Morgan fingerprint density at radius 1 is 0.850 bits per heavy atom. The average molecular weight is 307 g/mol. The van der Waals surface area contributed by atoms with Crippen molar-refractivity contribution >= 4 is 11.6 Å². The van der Waals surface area contributed by atoms with Crippen LogP contribution in [0.5, 0.6) is 0 Å². The first kappa shape index (κ1) is 20.2. The molecule has 1 N–H and O–H groups in total. The molecule has 0 fully saturated rings. The number of rotatable bonds is 14. The molecule has 1 atom stereocenters. The second-order valence-corrected chi connectivity index (χ2v) is 7.14. The lowest BCUT2D eigenvalue weighted by Gasteiger charge is -2.31. The van der Waals surface area contributed by atoms with Gasteiger partial charge in [0.2, 0.25) is 0 Å². The monoisotopic (exact) mass is 306 g/mol. The zero-order chi connectivity index (χ0) is 15.3. The van der Waals surface area contributed by atoms with Gasteiger partial charge < -0.3 is 9.59 Å². The van der Waals surface area contributed by atoms with Crippen LogP contribution >= 0.6 is 11.6 Å². The molecule has 0 aromatic rings. The topological polar surface area (TPSA) is 20.2 Å². The molecule has 0 bridgehead atoms. The SMILES string of the molecule is CCCCCCCCCCCC[N+](C)(C)C[C@@H](O)CCl. The van der Waals surface area contributed by atoms with Gasteiger partial charge in [0.15, 0.2) is 0 Å². The van der Waals surface area contributed by atoms with E-state index in [0.717, 1.165) is 17.6 Å². The second-order valence-electron chi connectivity index (χ2n) is 6.83. The third-order valence-corrected chi connectivity index (χ3v) is 4.36. The number of likely N-dealkylation sites (N-methyl/N-ethyl adjacent to an activating group) is 1. The predicted molar refractivity (Wildman–Crippen MR) is 90.4 cm³/mol. The summed E-state index contributed by atoms with van der Waals surface area (Å²) in [7, 11) is 4.37. The number of aliphatic hydroxyl groups is 1. The van der Waals surface area contributed by atoms with Crippen LogP contribution in [0.4, 0.5) is 0 Å². The summed E-state index contributed by atoms with van der Waals surface area (Å²) in [6, 6.07) is 0. The van der Waals surface area contributed by atoms with E-state index < -0.39 is 0 Å². The Morgan fingerprint density at radius 3 is 1.75 bits per heavy atom. The molecule has 0 aliphatic heterocycles. The fourth-order valence-corrected chi connectivity index (χ4v) is 2.84. The predicted octanol–water partition coefficient (Wildman–Crippen LogP) is 4.58. The molecule has 0 spiro atoms. The molecule has 20 heavy (non-hydrogen) atoms. The van der Waals surface area contributed by atoms with Gasteiger partial charge in [0, 0.05) is 0 Å².